The third-order valence-electron chi connectivity index (χ3n) is 1.60. The fraction of sp³-hybridized carbons (Fsp3) is 0.250. The summed E-state index contributed by atoms with van der Waals surface area (Å²) in [5.74, 6) is 0. The Morgan fingerprint density at radius 1 is 1.45 bits per heavy atom. The Morgan fingerprint density at radius 2 is 2.45 bits per heavy atom. The lowest BCUT2D eigenvalue weighted by molar-refractivity contribution is 0.0826. The molecule has 0 saturated carbocycles. The lowest BCUT2D eigenvalue weighted by atomic mass is 10.2. The van der Waals surface area contributed by atoms with Gasteiger partial charge >= 0.3 is 0 Å². The average molecular weight is 148 g/mol. The standard InChI is InChI=1S/C8H8N2O/c1-2-5-9-7(3-1)8-4-6-10-11-8/h1-3,5-6,8H,4H2/t8-/m0/s1. The van der Waals surface area contributed by atoms with E-state index in [1.54, 1.807) is 12.4 Å². The molecule has 0 spiro atoms. The first-order chi connectivity index (χ1) is 5.47. The van der Waals surface area contributed by atoms with Gasteiger partial charge in [-0.2, -0.15) is 0 Å². The van der Waals surface area contributed by atoms with Crippen LogP contribution in [0.3, 0.4) is 0 Å². The van der Waals surface area contributed by atoms with E-state index in [0.29, 0.717) is 0 Å². The molecule has 2 rings (SSSR count). The second kappa shape index (κ2) is 2.70. The SMILES string of the molecule is C1=NO[C@H](c2ccccn2)C1. The Kier molecular flexibility index (Phi) is 1.55. The Hall–Kier alpha value is -1.38. The molecule has 0 amide bonds. The number of nitrogens with zero attached hydrogens (tertiary/aromatic N) is 2. The second-order valence-electron chi connectivity index (χ2n) is 2.37. The first-order valence-electron chi connectivity index (χ1n) is 3.55. The molecule has 1 atom stereocenters. The summed E-state index contributed by atoms with van der Waals surface area (Å²) in [4.78, 5) is 9.20. The van der Waals surface area contributed by atoms with Crippen LogP contribution in [0.4, 0.5) is 0 Å². The van der Waals surface area contributed by atoms with Gasteiger partial charge in [-0.15, -0.1) is 0 Å². The van der Waals surface area contributed by atoms with Crippen LogP contribution in [0, 0.1) is 0 Å². The van der Waals surface area contributed by atoms with Gasteiger partial charge in [0.2, 0.25) is 0 Å². The highest BCUT2D eigenvalue weighted by Gasteiger charge is 2.15. The predicted octanol–water partition coefficient (Wildman–Crippen LogP) is 1.53. The molecule has 3 heteroatoms. The fourth-order valence-electron chi connectivity index (χ4n) is 1.04. The van der Waals surface area contributed by atoms with E-state index in [1.165, 1.54) is 0 Å². The van der Waals surface area contributed by atoms with E-state index in [-0.39, 0.29) is 6.10 Å². The van der Waals surface area contributed by atoms with Crippen molar-refractivity contribution < 1.29 is 4.84 Å². The van der Waals surface area contributed by atoms with Crippen LogP contribution >= 0.6 is 0 Å². The van der Waals surface area contributed by atoms with Crippen molar-refractivity contribution in [1.82, 2.24) is 4.98 Å². The van der Waals surface area contributed by atoms with Crippen molar-refractivity contribution in [3.63, 3.8) is 0 Å². The van der Waals surface area contributed by atoms with Crippen LogP contribution in [0.25, 0.3) is 0 Å². The highest BCUT2D eigenvalue weighted by atomic mass is 16.6. The van der Waals surface area contributed by atoms with Crippen molar-refractivity contribution in [3.05, 3.63) is 30.1 Å². The molecule has 0 aromatic carbocycles. The quantitative estimate of drug-likeness (QED) is 0.605. The van der Waals surface area contributed by atoms with Crippen molar-refractivity contribution in [2.24, 2.45) is 5.16 Å². The minimum absolute atomic E-state index is 0.0381. The van der Waals surface area contributed by atoms with Gasteiger partial charge in [-0.25, -0.2) is 0 Å². The van der Waals surface area contributed by atoms with Crippen LogP contribution in [0.1, 0.15) is 18.2 Å². The molecule has 0 N–H and O–H groups in total. The maximum absolute atomic E-state index is 5.05. The molecular weight excluding hydrogens is 140 g/mol. The highest BCUT2D eigenvalue weighted by Crippen LogP contribution is 2.21. The number of hydrogen-bond donors (Lipinski definition) is 0. The summed E-state index contributed by atoms with van der Waals surface area (Å²) in [6.45, 7) is 0. The molecule has 3 nitrogen and oxygen atoms in total. The van der Waals surface area contributed by atoms with E-state index in [1.807, 2.05) is 18.2 Å². The van der Waals surface area contributed by atoms with Crippen LogP contribution < -0.4 is 0 Å². The zero-order valence-electron chi connectivity index (χ0n) is 5.97. The number of rotatable bonds is 1. The van der Waals surface area contributed by atoms with Gasteiger partial charge in [0.1, 0.15) is 0 Å². The van der Waals surface area contributed by atoms with Gasteiger partial charge in [-0.3, -0.25) is 4.98 Å². The Bertz CT molecular complexity index is 250. The third-order valence-corrected chi connectivity index (χ3v) is 1.60. The van der Waals surface area contributed by atoms with Gasteiger partial charge in [-0.1, -0.05) is 11.2 Å². The molecule has 2 heterocycles. The first-order valence-corrected chi connectivity index (χ1v) is 3.55. The van der Waals surface area contributed by atoms with Crippen molar-refractivity contribution in [1.29, 1.82) is 0 Å². The van der Waals surface area contributed by atoms with Crippen LogP contribution in [0.5, 0.6) is 0 Å². The highest BCUT2D eigenvalue weighted by molar-refractivity contribution is 5.58. The number of oxime groups is 1. The van der Waals surface area contributed by atoms with Gasteiger partial charge in [-0.05, 0) is 12.1 Å². The molecule has 0 saturated heterocycles. The number of hydrogen-bond acceptors (Lipinski definition) is 3. The summed E-state index contributed by atoms with van der Waals surface area (Å²) in [6, 6.07) is 5.78. The number of aromatic nitrogens is 1. The maximum atomic E-state index is 5.05. The predicted molar refractivity (Wildman–Crippen MR) is 41.2 cm³/mol. The van der Waals surface area contributed by atoms with Gasteiger partial charge < -0.3 is 4.84 Å². The minimum atomic E-state index is 0.0381. The zero-order valence-corrected chi connectivity index (χ0v) is 5.97. The smallest absolute Gasteiger partial charge is 0.174 e. The summed E-state index contributed by atoms with van der Waals surface area (Å²) in [7, 11) is 0. The van der Waals surface area contributed by atoms with Gasteiger partial charge in [0.25, 0.3) is 0 Å². The molecule has 11 heavy (non-hydrogen) atoms. The molecule has 56 valence electrons. The lowest BCUT2D eigenvalue weighted by Crippen LogP contribution is -1.97. The second-order valence-corrected chi connectivity index (χ2v) is 2.37. The van der Waals surface area contributed by atoms with Crippen molar-refractivity contribution >= 4 is 6.21 Å². The molecular formula is C8H8N2O. The Morgan fingerprint density at radius 3 is 3.09 bits per heavy atom. The van der Waals surface area contributed by atoms with Gasteiger partial charge in [0.15, 0.2) is 6.10 Å². The van der Waals surface area contributed by atoms with E-state index in [2.05, 4.69) is 10.1 Å². The van der Waals surface area contributed by atoms with Crippen LogP contribution in [0.2, 0.25) is 0 Å². The van der Waals surface area contributed by atoms with E-state index < -0.39 is 0 Å². The van der Waals surface area contributed by atoms with Gasteiger partial charge in [0, 0.05) is 18.8 Å². The van der Waals surface area contributed by atoms with Crippen LogP contribution in [-0.4, -0.2) is 11.2 Å². The number of pyridine rings is 1. The summed E-state index contributed by atoms with van der Waals surface area (Å²) in [5.41, 5.74) is 0.949. The third kappa shape index (κ3) is 1.22. The molecule has 0 unspecified atom stereocenters. The van der Waals surface area contributed by atoms with E-state index in [0.717, 1.165) is 12.1 Å². The molecule has 0 radical (unpaired) electrons. The largest absolute Gasteiger partial charge is 0.386 e. The average Bonchev–Trinajstić information content (AvgIpc) is 2.58. The lowest BCUT2D eigenvalue weighted by Gasteiger charge is -2.05. The Labute approximate surface area is 64.7 Å². The minimum Gasteiger partial charge on any atom is -0.386 e. The summed E-state index contributed by atoms with van der Waals surface area (Å²) in [6.07, 6.45) is 4.39. The monoisotopic (exact) mass is 148 g/mol. The fourth-order valence-corrected chi connectivity index (χ4v) is 1.04. The Balaban J connectivity index is 2.17. The van der Waals surface area contributed by atoms with E-state index in [9.17, 15) is 0 Å². The van der Waals surface area contributed by atoms with Crippen molar-refractivity contribution in [2.75, 3.05) is 0 Å². The topological polar surface area (TPSA) is 34.5 Å². The van der Waals surface area contributed by atoms with Crippen molar-refractivity contribution in [3.8, 4) is 0 Å². The summed E-state index contributed by atoms with van der Waals surface area (Å²) in [5, 5.41) is 3.68. The normalized spacial score (nSPS) is 21.6. The van der Waals surface area contributed by atoms with Crippen molar-refractivity contribution in [2.45, 2.75) is 12.5 Å². The van der Waals surface area contributed by atoms with E-state index in [4.69, 9.17) is 4.84 Å². The summed E-state index contributed by atoms with van der Waals surface area (Å²) >= 11 is 0. The summed E-state index contributed by atoms with van der Waals surface area (Å²) < 4.78 is 0. The molecule has 0 aliphatic carbocycles. The van der Waals surface area contributed by atoms with Crippen LogP contribution in [0.15, 0.2) is 29.6 Å². The van der Waals surface area contributed by atoms with E-state index >= 15 is 0 Å². The molecule has 1 aliphatic heterocycles. The van der Waals surface area contributed by atoms with Gasteiger partial charge in [0.05, 0.1) is 5.69 Å². The molecule has 1 aromatic rings. The molecule has 0 fully saturated rings. The van der Waals surface area contributed by atoms with Crippen LogP contribution in [-0.2, 0) is 4.84 Å². The zero-order chi connectivity index (χ0) is 7.52. The molecule has 1 aliphatic rings. The molecule has 0 bridgehead atoms. The first kappa shape index (κ1) is 6.34. The molecule has 1 aromatic heterocycles. The maximum Gasteiger partial charge on any atom is 0.174 e.